The number of hydroxylamine groups is 1. The molecule has 6 atom stereocenters. The number of carbonyl (C=O) groups is 3. The van der Waals surface area contributed by atoms with Gasteiger partial charge in [-0.15, -0.1) is 0 Å². The van der Waals surface area contributed by atoms with Crippen LogP contribution < -0.4 is 10.8 Å². The van der Waals surface area contributed by atoms with Crippen molar-refractivity contribution in [2.24, 2.45) is 52.8 Å². The molecule has 1 amide bonds. The van der Waals surface area contributed by atoms with E-state index in [1.807, 2.05) is 0 Å². The molecule has 6 fully saturated rings. The number of rotatable bonds is 16. The first-order chi connectivity index (χ1) is 26.5. The van der Waals surface area contributed by atoms with Crippen molar-refractivity contribution < 1.29 is 38.9 Å². The Hall–Kier alpha value is -1.75. The van der Waals surface area contributed by atoms with Gasteiger partial charge in [-0.1, -0.05) is 78.1 Å². The summed E-state index contributed by atoms with van der Waals surface area (Å²) >= 11 is 0. The summed E-state index contributed by atoms with van der Waals surface area (Å²) in [7, 11) is 0. The summed E-state index contributed by atoms with van der Waals surface area (Å²) < 4.78 is 12.9. The van der Waals surface area contributed by atoms with E-state index in [0.717, 1.165) is 89.4 Å². The molecule has 0 aromatic rings. The van der Waals surface area contributed by atoms with Crippen LogP contribution in [0.4, 0.5) is 0 Å². The second-order valence-corrected chi connectivity index (χ2v) is 19.9. The predicted molar refractivity (Wildman–Crippen MR) is 212 cm³/mol. The van der Waals surface area contributed by atoms with Crippen LogP contribution in [-0.2, 0) is 28.7 Å². The van der Waals surface area contributed by atoms with Crippen molar-refractivity contribution in [1.82, 2.24) is 10.8 Å². The Labute approximate surface area is 331 Å². The number of amides is 1. The molecule has 55 heavy (non-hydrogen) atoms. The molecule has 6 unspecified atom stereocenters. The number of hydrogen-bond acceptors (Lipinski definition) is 7. The Morgan fingerprint density at radius 3 is 1.56 bits per heavy atom. The summed E-state index contributed by atoms with van der Waals surface area (Å²) in [5, 5.41) is 23.1. The largest absolute Gasteiger partial charge is 0.481 e. The maximum absolute atomic E-state index is 13.5. The third-order valence-electron chi connectivity index (χ3n) is 15.2. The number of carbonyl (C=O) groups excluding carboxylic acids is 1. The number of aliphatic carboxylic acids is 2. The van der Waals surface area contributed by atoms with E-state index in [2.05, 4.69) is 24.6 Å². The van der Waals surface area contributed by atoms with Crippen molar-refractivity contribution in [2.45, 2.75) is 192 Å². The highest BCUT2D eigenvalue weighted by Gasteiger charge is 2.43. The lowest BCUT2D eigenvalue weighted by molar-refractivity contribution is -0.150. The second-order valence-electron chi connectivity index (χ2n) is 19.9. The lowest BCUT2D eigenvalue weighted by atomic mass is 9.66. The molecule has 6 saturated carbocycles. The molecule has 6 rings (SSSR count). The molecule has 0 bridgehead atoms. The third kappa shape index (κ3) is 12.6. The van der Waals surface area contributed by atoms with Crippen molar-refractivity contribution >= 4 is 17.8 Å². The van der Waals surface area contributed by atoms with E-state index in [-0.39, 0.29) is 47.4 Å². The van der Waals surface area contributed by atoms with Crippen LogP contribution >= 0.6 is 0 Å². The van der Waals surface area contributed by atoms with Gasteiger partial charge in [-0.25, -0.2) is 0 Å². The summed E-state index contributed by atoms with van der Waals surface area (Å²) in [4.78, 5) is 43.7. The highest BCUT2D eigenvalue weighted by atomic mass is 16.6. The smallest absolute Gasteiger partial charge is 0.307 e. The van der Waals surface area contributed by atoms with Gasteiger partial charge in [-0.3, -0.25) is 14.4 Å². The van der Waals surface area contributed by atoms with Gasteiger partial charge >= 0.3 is 11.9 Å². The summed E-state index contributed by atoms with van der Waals surface area (Å²) in [6.45, 7) is 6.17. The van der Waals surface area contributed by atoms with Gasteiger partial charge in [0.05, 0.1) is 49.8 Å². The fourth-order valence-corrected chi connectivity index (χ4v) is 11.7. The molecule has 0 aromatic carbocycles. The first-order valence-electron chi connectivity index (χ1n) is 22.9. The quantitative estimate of drug-likeness (QED) is 0.113. The molecule has 0 heterocycles. The zero-order chi connectivity index (χ0) is 38.8. The van der Waals surface area contributed by atoms with Crippen LogP contribution in [0, 0.1) is 52.8 Å². The van der Waals surface area contributed by atoms with Crippen LogP contribution in [0.5, 0.6) is 0 Å². The van der Waals surface area contributed by atoms with E-state index in [0.29, 0.717) is 44.0 Å². The van der Waals surface area contributed by atoms with Crippen LogP contribution in [0.3, 0.4) is 0 Å². The first-order valence-corrected chi connectivity index (χ1v) is 22.9. The predicted octanol–water partition coefficient (Wildman–Crippen LogP) is 8.70. The van der Waals surface area contributed by atoms with Gasteiger partial charge in [0.2, 0.25) is 5.91 Å². The molecule has 0 aromatic heterocycles. The van der Waals surface area contributed by atoms with Crippen LogP contribution in [0.25, 0.3) is 0 Å². The standard InChI is InChI=1S/C45H76N2O8/c1-45(2,28-53-37-19-15-35(16-20-37)46-42(48)41-26-33(14-24-40(41)44(51)52)31-11-7-4-8-12-31)29-54-38-21-17-36(18-22-38)47-55-27-34-25-32(13-23-39(34)43(49)50)30-9-5-3-6-10-30/h30-41,47H,3-29H2,1-2H3,(H,46,48)(H,49,50)(H,51,52). The van der Waals surface area contributed by atoms with Crippen molar-refractivity contribution in [3.8, 4) is 0 Å². The normalized spacial score (nSPS) is 35.9. The highest BCUT2D eigenvalue weighted by Crippen LogP contribution is 2.44. The minimum absolute atomic E-state index is 0.0380. The molecular formula is C45H76N2O8. The summed E-state index contributed by atoms with van der Waals surface area (Å²) in [5.41, 5.74) is 3.20. The topological polar surface area (TPSA) is 143 Å². The van der Waals surface area contributed by atoms with Crippen LogP contribution in [0.15, 0.2) is 0 Å². The third-order valence-corrected chi connectivity index (χ3v) is 15.2. The second kappa shape index (κ2) is 20.8. The van der Waals surface area contributed by atoms with Crippen LogP contribution in [0.1, 0.15) is 168 Å². The highest BCUT2D eigenvalue weighted by molar-refractivity contribution is 5.85. The van der Waals surface area contributed by atoms with Gasteiger partial charge in [0.1, 0.15) is 0 Å². The Kier molecular flexibility index (Phi) is 16.2. The Balaban J connectivity index is 0.838. The molecular weight excluding hydrogens is 697 g/mol. The van der Waals surface area contributed by atoms with E-state index < -0.39 is 23.8 Å². The SMILES string of the molecule is CC(C)(COC1CCC(NOCC2CC(C3CCCCC3)CCC2C(=O)O)CC1)COC1CCC(NC(=O)C2CC(C3CCCCC3)CCC2C(=O)O)CC1. The van der Waals surface area contributed by atoms with Gasteiger partial charge < -0.3 is 29.8 Å². The summed E-state index contributed by atoms with van der Waals surface area (Å²) in [6, 6.07) is 0.368. The van der Waals surface area contributed by atoms with Gasteiger partial charge in [-0.2, -0.15) is 5.48 Å². The summed E-state index contributed by atoms with van der Waals surface area (Å²) in [5.74, 6) is -0.115. The molecule has 6 aliphatic rings. The molecule has 4 N–H and O–H groups in total. The van der Waals surface area contributed by atoms with E-state index in [9.17, 15) is 24.6 Å². The van der Waals surface area contributed by atoms with Crippen molar-refractivity contribution in [2.75, 3.05) is 19.8 Å². The number of nitrogens with one attached hydrogen (secondary N) is 2. The molecule has 314 valence electrons. The van der Waals surface area contributed by atoms with E-state index in [1.54, 1.807) is 0 Å². The van der Waals surface area contributed by atoms with Crippen LogP contribution in [-0.4, -0.2) is 72.2 Å². The lowest BCUT2D eigenvalue weighted by Gasteiger charge is -2.39. The van der Waals surface area contributed by atoms with Crippen molar-refractivity contribution in [3.63, 3.8) is 0 Å². The monoisotopic (exact) mass is 773 g/mol. The van der Waals surface area contributed by atoms with Gasteiger partial charge in [-0.05, 0) is 119 Å². The molecule has 0 saturated heterocycles. The fourth-order valence-electron chi connectivity index (χ4n) is 11.7. The molecule has 0 spiro atoms. The molecule has 6 aliphatic carbocycles. The number of ether oxygens (including phenoxy) is 2. The Bertz CT molecular complexity index is 1200. The molecule has 10 heteroatoms. The lowest BCUT2D eigenvalue weighted by Crippen LogP contribution is -2.47. The summed E-state index contributed by atoms with van der Waals surface area (Å²) in [6.07, 6.45) is 25.9. The van der Waals surface area contributed by atoms with E-state index in [1.165, 1.54) is 64.2 Å². The first kappa shape index (κ1) is 42.8. The van der Waals surface area contributed by atoms with Gasteiger partial charge in [0.25, 0.3) is 0 Å². The van der Waals surface area contributed by atoms with Gasteiger partial charge in [0, 0.05) is 17.5 Å². The number of carboxylic acids is 2. The fraction of sp³-hybridized carbons (Fsp3) is 0.933. The van der Waals surface area contributed by atoms with Crippen molar-refractivity contribution in [1.29, 1.82) is 0 Å². The maximum Gasteiger partial charge on any atom is 0.307 e. The Morgan fingerprint density at radius 1 is 0.545 bits per heavy atom. The van der Waals surface area contributed by atoms with E-state index >= 15 is 0 Å². The molecule has 0 aliphatic heterocycles. The minimum atomic E-state index is -0.814. The Morgan fingerprint density at radius 2 is 1.04 bits per heavy atom. The molecule has 0 radical (unpaired) electrons. The average Bonchev–Trinajstić information content (AvgIpc) is 3.20. The van der Waals surface area contributed by atoms with E-state index in [4.69, 9.17) is 14.3 Å². The number of carboxylic acid groups (broad SMARTS) is 2. The average molecular weight is 773 g/mol. The molecule has 10 nitrogen and oxygen atoms in total. The zero-order valence-electron chi connectivity index (χ0n) is 34.4. The maximum atomic E-state index is 13.5. The number of hydrogen-bond donors (Lipinski definition) is 4. The van der Waals surface area contributed by atoms with Crippen LogP contribution in [0.2, 0.25) is 0 Å². The zero-order valence-corrected chi connectivity index (χ0v) is 34.4. The van der Waals surface area contributed by atoms with Gasteiger partial charge in [0.15, 0.2) is 0 Å². The van der Waals surface area contributed by atoms with Crippen molar-refractivity contribution in [3.05, 3.63) is 0 Å². The minimum Gasteiger partial charge on any atom is -0.481 e.